The van der Waals surface area contributed by atoms with Gasteiger partial charge in [-0.1, -0.05) is 18.2 Å². The van der Waals surface area contributed by atoms with E-state index in [1.165, 1.54) is 5.39 Å². The van der Waals surface area contributed by atoms with Crippen LogP contribution in [0.2, 0.25) is 0 Å². The molecule has 3 rings (SSSR count). The molecular formula is C14H15N3. The highest BCUT2D eigenvalue weighted by Gasteiger charge is 2.27. The quantitative estimate of drug-likeness (QED) is 0.824. The van der Waals surface area contributed by atoms with E-state index in [0.29, 0.717) is 5.92 Å². The van der Waals surface area contributed by atoms with E-state index in [9.17, 15) is 5.26 Å². The summed E-state index contributed by atoms with van der Waals surface area (Å²) in [5.74, 6) is 0.445. The summed E-state index contributed by atoms with van der Waals surface area (Å²) in [5, 5.41) is 13.9. The minimum Gasteiger partial charge on any atom is -0.361 e. The van der Waals surface area contributed by atoms with E-state index < -0.39 is 0 Å². The summed E-state index contributed by atoms with van der Waals surface area (Å²) >= 11 is 0. The molecule has 2 atom stereocenters. The fourth-order valence-corrected chi connectivity index (χ4v) is 2.74. The Morgan fingerprint density at radius 2 is 2.24 bits per heavy atom. The fourth-order valence-electron chi connectivity index (χ4n) is 2.74. The molecule has 0 bridgehead atoms. The maximum Gasteiger partial charge on any atom is 0.0774 e. The van der Waals surface area contributed by atoms with Crippen molar-refractivity contribution in [3.05, 3.63) is 36.0 Å². The van der Waals surface area contributed by atoms with Gasteiger partial charge in [0.2, 0.25) is 0 Å². The molecule has 1 fully saturated rings. The number of para-hydroxylation sites is 1. The first-order chi connectivity index (χ1) is 8.40. The molecule has 1 saturated heterocycles. The van der Waals surface area contributed by atoms with Crippen LogP contribution in [0, 0.1) is 17.2 Å². The number of nitriles is 1. The van der Waals surface area contributed by atoms with Crippen LogP contribution in [-0.2, 0) is 0 Å². The van der Waals surface area contributed by atoms with Gasteiger partial charge in [-0.3, -0.25) is 0 Å². The van der Waals surface area contributed by atoms with Gasteiger partial charge in [-0.05, 0) is 37.1 Å². The lowest BCUT2D eigenvalue weighted by Gasteiger charge is -2.14. The molecule has 1 aromatic carbocycles. The number of hydrogen-bond acceptors (Lipinski definition) is 2. The van der Waals surface area contributed by atoms with Crippen LogP contribution in [0.3, 0.4) is 0 Å². The summed E-state index contributed by atoms with van der Waals surface area (Å²) in [4.78, 5) is 3.25. The zero-order valence-electron chi connectivity index (χ0n) is 9.61. The molecule has 17 heavy (non-hydrogen) atoms. The largest absolute Gasteiger partial charge is 0.361 e. The first-order valence-corrected chi connectivity index (χ1v) is 6.06. The fraction of sp³-hybridized carbons (Fsp3) is 0.357. The third-order valence-electron chi connectivity index (χ3n) is 3.67. The van der Waals surface area contributed by atoms with Gasteiger partial charge in [-0.2, -0.15) is 5.26 Å². The molecule has 86 valence electrons. The smallest absolute Gasteiger partial charge is 0.0774 e. The molecule has 3 nitrogen and oxygen atoms in total. The van der Waals surface area contributed by atoms with Crippen LogP contribution in [0.4, 0.5) is 0 Å². The van der Waals surface area contributed by atoms with Gasteiger partial charge in [-0.15, -0.1) is 0 Å². The molecule has 2 heterocycles. The van der Waals surface area contributed by atoms with Crippen molar-refractivity contribution < 1.29 is 0 Å². The molecule has 1 aromatic heterocycles. The first-order valence-electron chi connectivity index (χ1n) is 6.06. The summed E-state index contributed by atoms with van der Waals surface area (Å²) in [6, 6.07) is 10.7. The zero-order chi connectivity index (χ0) is 11.7. The molecule has 1 aliphatic heterocycles. The first kappa shape index (κ1) is 10.4. The van der Waals surface area contributed by atoms with Gasteiger partial charge in [0.1, 0.15) is 0 Å². The topological polar surface area (TPSA) is 51.6 Å². The Morgan fingerprint density at radius 3 is 3.00 bits per heavy atom. The number of aromatic nitrogens is 1. The van der Waals surface area contributed by atoms with E-state index >= 15 is 0 Å². The lowest BCUT2D eigenvalue weighted by molar-refractivity contribution is 0.533. The molecular weight excluding hydrogens is 210 g/mol. The lowest BCUT2D eigenvalue weighted by atomic mass is 9.86. The van der Waals surface area contributed by atoms with E-state index in [0.717, 1.165) is 30.6 Å². The molecule has 2 N–H and O–H groups in total. The highest BCUT2D eigenvalue weighted by molar-refractivity contribution is 5.84. The number of nitrogens with one attached hydrogen (secondary N) is 2. The lowest BCUT2D eigenvalue weighted by Crippen LogP contribution is -2.15. The van der Waals surface area contributed by atoms with Gasteiger partial charge in [-0.25, -0.2) is 0 Å². The van der Waals surface area contributed by atoms with Crippen molar-refractivity contribution in [1.29, 1.82) is 5.26 Å². The van der Waals surface area contributed by atoms with E-state index in [4.69, 9.17) is 0 Å². The van der Waals surface area contributed by atoms with Gasteiger partial charge in [0, 0.05) is 17.1 Å². The number of benzene rings is 1. The van der Waals surface area contributed by atoms with E-state index in [2.05, 4.69) is 28.5 Å². The second-order valence-corrected chi connectivity index (χ2v) is 4.65. The maximum atomic E-state index is 9.43. The van der Waals surface area contributed by atoms with Crippen LogP contribution >= 0.6 is 0 Å². The third-order valence-corrected chi connectivity index (χ3v) is 3.67. The monoisotopic (exact) mass is 225 g/mol. The summed E-state index contributed by atoms with van der Waals surface area (Å²) < 4.78 is 0. The maximum absolute atomic E-state index is 9.43. The molecule has 0 saturated carbocycles. The predicted octanol–water partition coefficient (Wildman–Crippen LogP) is 2.38. The number of H-pyrrole nitrogens is 1. The van der Waals surface area contributed by atoms with Crippen molar-refractivity contribution in [3.8, 4) is 6.07 Å². The summed E-state index contributed by atoms with van der Waals surface area (Å²) in [6.07, 6.45) is 3.09. The Bertz CT molecular complexity index is 558. The Labute approximate surface area is 100 Å². The van der Waals surface area contributed by atoms with E-state index in [1.807, 2.05) is 18.3 Å². The van der Waals surface area contributed by atoms with Crippen molar-refractivity contribution in [2.75, 3.05) is 13.1 Å². The highest BCUT2D eigenvalue weighted by atomic mass is 14.9. The Hall–Kier alpha value is -1.79. The Kier molecular flexibility index (Phi) is 2.58. The van der Waals surface area contributed by atoms with E-state index in [-0.39, 0.29) is 5.92 Å². The molecule has 0 spiro atoms. The molecule has 0 radical (unpaired) electrons. The minimum atomic E-state index is 0.00106. The number of nitrogens with zero attached hydrogens (tertiary/aromatic N) is 1. The van der Waals surface area contributed by atoms with Crippen molar-refractivity contribution in [2.45, 2.75) is 12.3 Å². The average Bonchev–Trinajstić information content (AvgIpc) is 3.01. The Balaban J connectivity index is 2.04. The van der Waals surface area contributed by atoms with Crippen molar-refractivity contribution in [1.82, 2.24) is 10.3 Å². The molecule has 0 amide bonds. The van der Waals surface area contributed by atoms with Crippen LogP contribution in [0.25, 0.3) is 10.9 Å². The van der Waals surface area contributed by atoms with Crippen molar-refractivity contribution in [2.24, 2.45) is 5.92 Å². The van der Waals surface area contributed by atoms with Crippen molar-refractivity contribution in [3.63, 3.8) is 0 Å². The second kappa shape index (κ2) is 4.23. The van der Waals surface area contributed by atoms with Crippen LogP contribution in [0.1, 0.15) is 17.9 Å². The van der Waals surface area contributed by atoms with Crippen LogP contribution in [-0.4, -0.2) is 18.1 Å². The van der Waals surface area contributed by atoms with Crippen LogP contribution in [0.15, 0.2) is 30.5 Å². The number of hydrogen-bond donors (Lipinski definition) is 2. The highest BCUT2D eigenvalue weighted by Crippen LogP contribution is 2.33. The molecule has 3 heteroatoms. The number of aromatic amines is 1. The standard InChI is InChI=1S/C14H15N3/c15-7-12(10-5-6-16-8-10)13-9-17-14-4-2-1-3-11(13)14/h1-4,9-10,12,16-17H,5-6,8H2. The van der Waals surface area contributed by atoms with Gasteiger partial charge in [0.25, 0.3) is 0 Å². The summed E-state index contributed by atoms with van der Waals surface area (Å²) in [7, 11) is 0. The number of rotatable bonds is 2. The SMILES string of the molecule is N#CC(c1c[nH]c2ccccc12)C1CCNC1. The summed E-state index contributed by atoms with van der Waals surface area (Å²) in [6.45, 7) is 1.99. The molecule has 2 aromatic rings. The van der Waals surface area contributed by atoms with Gasteiger partial charge >= 0.3 is 0 Å². The van der Waals surface area contributed by atoms with Gasteiger partial charge in [0.05, 0.1) is 12.0 Å². The predicted molar refractivity (Wildman–Crippen MR) is 67.6 cm³/mol. The third kappa shape index (κ3) is 1.71. The molecule has 0 aliphatic carbocycles. The van der Waals surface area contributed by atoms with Crippen LogP contribution < -0.4 is 5.32 Å². The number of fused-ring (bicyclic) bond motifs is 1. The zero-order valence-corrected chi connectivity index (χ0v) is 9.61. The Morgan fingerprint density at radius 1 is 1.35 bits per heavy atom. The second-order valence-electron chi connectivity index (χ2n) is 4.65. The average molecular weight is 225 g/mol. The molecule has 2 unspecified atom stereocenters. The van der Waals surface area contributed by atoms with Crippen molar-refractivity contribution >= 4 is 10.9 Å². The van der Waals surface area contributed by atoms with Crippen LogP contribution in [0.5, 0.6) is 0 Å². The van der Waals surface area contributed by atoms with E-state index in [1.54, 1.807) is 0 Å². The van der Waals surface area contributed by atoms with Gasteiger partial charge in [0.15, 0.2) is 0 Å². The minimum absolute atomic E-state index is 0.00106. The summed E-state index contributed by atoms with van der Waals surface area (Å²) in [5.41, 5.74) is 2.27. The normalized spacial score (nSPS) is 21.5. The van der Waals surface area contributed by atoms with Gasteiger partial charge < -0.3 is 10.3 Å². The molecule has 1 aliphatic rings.